The van der Waals surface area contributed by atoms with Gasteiger partial charge in [0, 0.05) is 22.6 Å². The van der Waals surface area contributed by atoms with E-state index in [1.807, 2.05) is 59.2 Å². The lowest BCUT2D eigenvalue weighted by Gasteiger charge is -2.11. The number of aromatic nitrogens is 3. The van der Waals surface area contributed by atoms with Crippen molar-refractivity contribution in [1.82, 2.24) is 14.8 Å². The number of thioether (sulfide) groups is 1. The summed E-state index contributed by atoms with van der Waals surface area (Å²) in [4.78, 5) is 24.4. The molecule has 0 fully saturated rings. The van der Waals surface area contributed by atoms with Gasteiger partial charge in [0.15, 0.2) is 11.0 Å². The van der Waals surface area contributed by atoms with Gasteiger partial charge in [0.1, 0.15) is 0 Å². The average Bonchev–Trinajstić information content (AvgIpc) is 3.28. The minimum atomic E-state index is -0.396. The Labute approximate surface area is 201 Å². The summed E-state index contributed by atoms with van der Waals surface area (Å²) in [6.07, 6.45) is 0. The summed E-state index contributed by atoms with van der Waals surface area (Å²) in [5, 5.41) is 12.1. The van der Waals surface area contributed by atoms with E-state index in [-0.39, 0.29) is 11.7 Å². The third-order valence-electron chi connectivity index (χ3n) is 4.80. The molecule has 0 unspecified atom stereocenters. The van der Waals surface area contributed by atoms with Crippen molar-refractivity contribution in [1.29, 1.82) is 0 Å². The molecule has 3 N–H and O–H groups in total. The Hall–Kier alpha value is -4.11. The van der Waals surface area contributed by atoms with Crippen LogP contribution >= 0.6 is 11.8 Å². The second kappa shape index (κ2) is 10.7. The molecule has 34 heavy (non-hydrogen) atoms. The quantitative estimate of drug-likeness (QED) is 0.221. The highest BCUT2D eigenvalue weighted by Crippen LogP contribution is 2.29. The van der Waals surface area contributed by atoms with Crippen molar-refractivity contribution in [3.63, 3.8) is 0 Å². The molecule has 3 aromatic carbocycles. The van der Waals surface area contributed by atoms with Gasteiger partial charge >= 0.3 is 5.97 Å². The summed E-state index contributed by atoms with van der Waals surface area (Å²) in [6, 6.07) is 23.7. The first-order chi connectivity index (χ1) is 16.5. The number of hydrogen-bond donors (Lipinski definition) is 2. The summed E-state index contributed by atoms with van der Waals surface area (Å²) in [5.41, 5.74) is 9.31. The maximum Gasteiger partial charge on any atom is 0.338 e. The van der Waals surface area contributed by atoms with Crippen molar-refractivity contribution >= 4 is 35.0 Å². The third kappa shape index (κ3) is 5.44. The molecule has 0 saturated carbocycles. The Bertz CT molecular complexity index is 1290. The number of ether oxygens (including phenoxy) is 1. The summed E-state index contributed by atoms with van der Waals surface area (Å²) >= 11 is 1.28. The van der Waals surface area contributed by atoms with E-state index < -0.39 is 5.97 Å². The number of nitrogens with zero attached hydrogens (tertiary/aromatic N) is 3. The zero-order valence-corrected chi connectivity index (χ0v) is 19.3. The fraction of sp³-hybridized carbons (Fsp3) is 0.120. The van der Waals surface area contributed by atoms with Crippen molar-refractivity contribution in [2.24, 2.45) is 0 Å². The number of carbonyl (C=O) groups is 2. The summed E-state index contributed by atoms with van der Waals surface area (Å²) in [5.74, 6) is 0.159. The number of nitrogens with two attached hydrogens (primary N) is 1. The van der Waals surface area contributed by atoms with Gasteiger partial charge in [-0.15, -0.1) is 10.2 Å². The number of carbonyl (C=O) groups excluding carboxylic acids is 2. The lowest BCUT2D eigenvalue weighted by atomic mass is 10.2. The lowest BCUT2D eigenvalue weighted by Crippen LogP contribution is -2.15. The van der Waals surface area contributed by atoms with Crippen LogP contribution in [0.4, 0.5) is 11.4 Å². The predicted molar refractivity (Wildman–Crippen MR) is 133 cm³/mol. The van der Waals surface area contributed by atoms with Crippen molar-refractivity contribution in [2.75, 3.05) is 23.4 Å². The van der Waals surface area contributed by atoms with Crippen molar-refractivity contribution in [3.8, 4) is 17.1 Å². The van der Waals surface area contributed by atoms with Crippen LogP contribution in [0, 0.1) is 0 Å². The van der Waals surface area contributed by atoms with E-state index in [2.05, 4.69) is 15.5 Å². The first-order valence-electron chi connectivity index (χ1n) is 10.6. The van der Waals surface area contributed by atoms with Crippen molar-refractivity contribution in [2.45, 2.75) is 12.1 Å². The Kier molecular flexibility index (Phi) is 7.24. The maximum absolute atomic E-state index is 12.6. The smallest absolute Gasteiger partial charge is 0.338 e. The molecule has 0 atom stereocenters. The van der Waals surface area contributed by atoms with Crippen LogP contribution < -0.4 is 11.1 Å². The molecule has 9 heteroatoms. The van der Waals surface area contributed by atoms with Crippen LogP contribution in [0.2, 0.25) is 0 Å². The molecule has 1 aromatic heterocycles. The fourth-order valence-electron chi connectivity index (χ4n) is 3.27. The first kappa shape index (κ1) is 23.1. The minimum absolute atomic E-state index is 0.127. The summed E-state index contributed by atoms with van der Waals surface area (Å²) < 4.78 is 6.88. The van der Waals surface area contributed by atoms with E-state index >= 15 is 0 Å². The number of para-hydroxylation sites is 1. The number of esters is 1. The SMILES string of the molecule is CCOC(=O)c1ccc(NC(=O)CSc2nnc(-c3cccc(N)c3)n2-c2ccccc2)cc1. The molecule has 1 heterocycles. The standard InChI is InChI=1S/C25H23N5O3S/c1-2-33-24(32)17-11-13-20(14-12-17)27-22(31)16-34-25-29-28-23(18-7-6-8-19(26)15-18)30(25)21-9-4-3-5-10-21/h3-15H,2,16,26H2,1H3,(H,27,31). The monoisotopic (exact) mass is 473 g/mol. The number of benzene rings is 3. The van der Waals surface area contributed by atoms with Crippen LogP contribution in [0.15, 0.2) is 84.0 Å². The molecule has 0 bridgehead atoms. The van der Waals surface area contributed by atoms with E-state index in [1.165, 1.54) is 11.8 Å². The number of nitrogen functional groups attached to an aromatic ring is 1. The zero-order chi connectivity index (χ0) is 23.9. The molecular weight excluding hydrogens is 450 g/mol. The Morgan fingerprint density at radius 1 is 1.00 bits per heavy atom. The van der Waals surface area contributed by atoms with Crippen LogP contribution in [0.1, 0.15) is 17.3 Å². The lowest BCUT2D eigenvalue weighted by molar-refractivity contribution is -0.113. The van der Waals surface area contributed by atoms with Crippen LogP contribution in [0.5, 0.6) is 0 Å². The van der Waals surface area contributed by atoms with Crippen LogP contribution in [-0.2, 0) is 9.53 Å². The number of amides is 1. The zero-order valence-electron chi connectivity index (χ0n) is 18.5. The van der Waals surface area contributed by atoms with E-state index in [1.54, 1.807) is 31.2 Å². The van der Waals surface area contributed by atoms with Crippen LogP contribution in [0.3, 0.4) is 0 Å². The molecule has 0 spiro atoms. The highest BCUT2D eigenvalue weighted by atomic mass is 32.2. The second-order valence-corrected chi connectivity index (χ2v) is 8.18. The summed E-state index contributed by atoms with van der Waals surface area (Å²) in [7, 11) is 0. The molecule has 0 radical (unpaired) electrons. The van der Waals surface area contributed by atoms with Gasteiger partial charge in [0.05, 0.1) is 17.9 Å². The molecule has 4 aromatic rings. The van der Waals surface area contributed by atoms with Crippen LogP contribution in [0.25, 0.3) is 17.1 Å². The van der Waals surface area contributed by atoms with Gasteiger partial charge in [-0.1, -0.05) is 42.1 Å². The van der Waals surface area contributed by atoms with Gasteiger partial charge in [0.25, 0.3) is 0 Å². The maximum atomic E-state index is 12.6. The average molecular weight is 474 g/mol. The first-order valence-corrected chi connectivity index (χ1v) is 11.6. The van der Waals surface area contributed by atoms with Gasteiger partial charge in [-0.2, -0.15) is 0 Å². The normalized spacial score (nSPS) is 10.6. The molecule has 8 nitrogen and oxygen atoms in total. The van der Waals surface area contributed by atoms with E-state index in [0.29, 0.717) is 34.5 Å². The minimum Gasteiger partial charge on any atom is -0.462 e. The van der Waals surface area contributed by atoms with E-state index in [4.69, 9.17) is 10.5 Å². The number of hydrogen-bond acceptors (Lipinski definition) is 7. The van der Waals surface area contributed by atoms with Gasteiger partial charge in [0.2, 0.25) is 5.91 Å². The highest BCUT2D eigenvalue weighted by Gasteiger charge is 2.17. The largest absolute Gasteiger partial charge is 0.462 e. The van der Waals surface area contributed by atoms with E-state index in [0.717, 1.165) is 11.3 Å². The molecule has 0 aliphatic carbocycles. The van der Waals surface area contributed by atoms with Crippen molar-refractivity contribution in [3.05, 3.63) is 84.4 Å². The number of nitrogens with one attached hydrogen (secondary N) is 1. The van der Waals surface area contributed by atoms with Gasteiger partial charge in [-0.25, -0.2) is 4.79 Å². The third-order valence-corrected chi connectivity index (χ3v) is 5.73. The molecule has 0 aliphatic rings. The topological polar surface area (TPSA) is 112 Å². The molecule has 1 amide bonds. The van der Waals surface area contributed by atoms with Gasteiger partial charge < -0.3 is 15.8 Å². The van der Waals surface area contributed by atoms with Crippen molar-refractivity contribution < 1.29 is 14.3 Å². The Balaban J connectivity index is 1.50. The highest BCUT2D eigenvalue weighted by molar-refractivity contribution is 7.99. The second-order valence-electron chi connectivity index (χ2n) is 7.24. The van der Waals surface area contributed by atoms with Gasteiger partial charge in [-0.05, 0) is 55.5 Å². The Morgan fingerprint density at radius 2 is 1.76 bits per heavy atom. The van der Waals surface area contributed by atoms with Crippen LogP contribution in [-0.4, -0.2) is 39.0 Å². The number of anilines is 2. The van der Waals surface area contributed by atoms with E-state index in [9.17, 15) is 9.59 Å². The molecule has 0 aliphatic heterocycles. The molecule has 172 valence electrons. The molecule has 4 rings (SSSR count). The predicted octanol–water partition coefficient (Wildman–Crippen LogP) is 4.42. The molecule has 0 saturated heterocycles. The number of rotatable bonds is 8. The Morgan fingerprint density at radius 3 is 2.47 bits per heavy atom. The summed E-state index contributed by atoms with van der Waals surface area (Å²) in [6.45, 7) is 2.06. The van der Waals surface area contributed by atoms with Gasteiger partial charge in [-0.3, -0.25) is 9.36 Å². The fourth-order valence-corrected chi connectivity index (χ4v) is 4.02. The molecular formula is C25H23N5O3S.